The number of rotatable bonds is 34. The molecule has 0 unspecified atom stereocenters. The summed E-state index contributed by atoms with van der Waals surface area (Å²) in [6.07, 6.45) is 2.42. The van der Waals surface area contributed by atoms with Gasteiger partial charge in [-0.1, -0.05) is 85.2 Å². The molecule has 3 aliphatic rings. The number of carboxylic acid groups (broad SMARTS) is 1. The average molecular weight is 1110 g/mol. The van der Waals surface area contributed by atoms with E-state index in [1.165, 1.54) is 14.2 Å². The molecular formula is C56H92N6O14S. The van der Waals surface area contributed by atoms with Gasteiger partial charge in [0.25, 0.3) is 5.91 Å². The number of hydrogen-bond donors (Lipinski definition) is 3. The molecule has 77 heavy (non-hydrogen) atoms. The van der Waals surface area contributed by atoms with Crippen molar-refractivity contribution in [3.63, 3.8) is 0 Å². The quantitative estimate of drug-likeness (QED) is 0.0820. The molecule has 21 heteroatoms. The van der Waals surface area contributed by atoms with Gasteiger partial charge in [0.15, 0.2) is 5.78 Å². The van der Waals surface area contributed by atoms with Crippen LogP contribution >= 0.6 is 0 Å². The van der Waals surface area contributed by atoms with Gasteiger partial charge in [0.2, 0.25) is 33.7 Å². The van der Waals surface area contributed by atoms with Crippen LogP contribution in [0.15, 0.2) is 30.3 Å². The highest BCUT2D eigenvalue weighted by atomic mass is 32.2. The number of amides is 5. The van der Waals surface area contributed by atoms with Crippen molar-refractivity contribution in [1.29, 1.82) is 0 Å². The number of nitrogens with zero attached hydrogens (tertiary/aromatic N) is 4. The molecule has 0 radical (unpaired) electrons. The van der Waals surface area contributed by atoms with E-state index in [0.29, 0.717) is 84.3 Å². The third-order valence-corrected chi connectivity index (χ3v) is 17.8. The van der Waals surface area contributed by atoms with Gasteiger partial charge in [0.1, 0.15) is 6.04 Å². The number of ketones is 1. The fourth-order valence-electron chi connectivity index (χ4n) is 11.0. The molecule has 20 nitrogen and oxygen atoms in total. The molecule has 4 rings (SSSR count). The Morgan fingerprint density at radius 1 is 0.779 bits per heavy atom. The summed E-state index contributed by atoms with van der Waals surface area (Å²) in [6, 6.07) is 6.27. The lowest BCUT2D eigenvalue weighted by Crippen LogP contribution is -2.55. The minimum atomic E-state index is -3.89. The van der Waals surface area contributed by atoms with E-state index in [4.69, 9.17) is 18.9 Å². The van der Waals surface area contributed by atoms with Crippen LogP contribution in [0.25, 0.3) is 0 Å². The van der Waals surface area contributed by atoms with Crippen molar-refractivity contribution in [2.24, 2.45) is 35.5 Å². The molecule has 2 heterocycles. The Morgan fingerprint density at radius 2 is 1.42 bits per heavy atom. The summed E-state index contributed by atoms with van der Waals surface area (Å²) in [5.41, 5.74) is 0.727. The van der Waals surface area contributed by atoms with E-state index in [1.807, 2.05) is 59.6 Å². The number of likely N-dealkylation sites (N-methyl/N-ethyl adjacent to an activating group) is 2. The normalized spacial score (nSPS) is 19.5. The van der Waals surface area contributed by atoms with Crippen LogP contribution in [0.4, 0.5) is 0 Å². The van der Waals surface area contributed by atoms with Crippen LogP contribution < -0.4 is 10.0 Å². The lowest BCUT2D eigenvalue weighted by atomic mass is 9.83. The van der Waals surface area contributed by atoms with Crippen molar-refractivity contribution in [3.05, 3.63) is 35.9 Å². The molecule has 0 aromatic heterocycles. The number of carbonyl (C=O) groups excluding carboxylic acids is 6. The number of carbonyl (C=O) groups is 7. The molecule has 1 aliphatic carbocycles. The second kappa shape index (κ2) is 31.3. The lowest BCUT2D eigenvalue weighted by molar-refractivity contribution is -0.149. The van der Waals surface area contributed by atoms with Crippen molar-refractivity contribution < 1.29 is 66.0 Å². The van der Waals surface area contributed by atoms with Crippen molar-refractivity contribution in [3.8, 4) is 0 Å². The molecule has 2 saturated heterocycles. The zero-order valence-corrected chi connectivity index (χ0v) is 48.6. The molecule has 436 valence electrons. The van der Waals surface area contributed by atoms with Gasteiger partial charge in [-0.05, 0) is 68.9 Å². The molecule has 1 aromatic rings. The average Bonchev–Trinajstić information content (AvgIpc) is 4.16. The maximum atomic E-state index is 14.7. The van der Waals surface area contributed by atoms with Gasteiger partial charge < -0.3 is 44.1 Å². The molecule has 3 fully saturated rings. The maximum absolute atomic E-state index is 14.7. The molecule has 3 N–H and O–H groups in total. The van der Waals surface area contributed by atoms with Crippen LogP contribution in [-0.2, 0) is 69.0 Å². The summed E-state index contributed by atoms with van der Waals surface area (Å²) in [5, 5.41) is 11.4. The van der Waals surface area contributed by atoms with Crippen LogP contribution in [0.1, 0.15) is 118 Å². The van der Waals surface area contributed by atoms with E-state index in [-0.39, 0.29) is 80.2 Å². The molecular weight excluding hydrogens is 1010 g/mol. The second-order valence-corrected chi connectivity index (χ2v) is 24.2. The minimum Gasteiger partial charge on any atom is -0.481 e. The Morgan fingerprint density at radius 3 is 1.97 bits per heavy atom. The molecule has 5 amide bonds. The largest absolute Gasteiger partial charge is 0.481 e. The Kier molecular flexibility index (Phi) is 26.4. The zero-order chi connectivity index (χ0) is 57.1. The summed E-state index contributed by atoms with van der Waals surface area (Å²) < 4.78 is 51.3. The monoisotopic (exact) mass is 1100 g/mol. The molecule has 0 spiro atoms. The summed E-state index contributed by atoms with van der Waals surface area (Å²) in [6.45, 7) is 16.4. The van der Waals surface area contributed by atoms with Gasteiger partial charge in [0, 0.05) is 66.2 Å². The third-order valence-electron chi connectivity index (χ3n) is 16.0. The highest BCUT2D eigenvalue weighted by molar-refractivity contribution is 7.90. The number of methoxy groups -OCH3 is 2. The van der Waals surface area contributed by atoms with Gasteiger partial charge in [-0.3, -0.25) is 43.2 Å². The number of likely N-dealkylation sites (tertiary alicyclic amines) is 2. The van der Waals surface area contributed by atoms with Crippen LogP contribution in [0.5, 0.6) is 0 Å². The number of piperidine rings is 1. The minimum absolute atomic E-state index is 0.0136. The predicted molar refractivity (Wildman–Crippen MR) is 291 cm³/mol. The smallest absolute Gasteiger partial charge is 0.306 e. The lowest BCUT2D eigenvalue weighted by Gasteiger charge is -2.41. The Labute approximate surface area is 458 Å². The first-order chi connectivity index (χ1) is 36.5. The Balaban J connectivity index is 1.35. The Bertz CT molecular complexity index is 2190. The number of Topliss-reactive ketones (excluding diaryl/α,β-unsaturated/α-hetero) is 1. The van der Waals surface area contributed by atoms with E-state index >= 15 is 0 Å². The zero-order valence-electron chi connectivity index (χ0n) is 47.8. The summed E-state index contributed by atoms with van der Waals surface area (Å²) >= 11 is 0. The van der Waals surface area contributed by atoms with Gasteiger partial charge in [-0.2, -0.15) is 0 Å². The highest BCUT2D eigenvalue weighted by Crippen LogP contribution is 2.32. The van der Waals surface area contributed by atoms with Gasteiger partial charge in [-0.15, -0.1) is 0 Å². The van der Waals surface area contributed by atoms with E-state index in [0.717, 1.165) is 5.56 Å². The number of hydrogen-bond acceptors (Lipinski definition) is 14. The van der Waals surface area contributed by atoms with Crippen LogP contribution in [-0.4, -0.2) is 197 Å². The van der Waals surface area contributed by atoms with Gasteiger partial charge in [0.05, 0.1) is 86.7 Å². The first kappa shape index (κ1) is 65.0. The van der Waals surface area contributed by atoms with Crippen molar-refractivity contribution in [2.45, 2.75) is 161 Å². The first-order valence-corrected chi connectivity index (χ1v) is 29.4. The maximum Gasteiger partial charge on any atom is 0.306 e. The first-order valence-electron chi connectivity index (χ1n) is 27.9. The number of aliphatic carboxylic acids is 1. The number of carboxylic acids is 1. The van der Waals surface area contributed by atoms with E-state index in [1.54, 1.807) is 52.9 Å². The van der Waals surface area contributed by atoms with E-state index < -0.39 is 87.2 Å². The molecule has 0 bridgehead atoms. The van der Waals surface area contributed by atoms with Crippen molar-refractivity contribution in [1.82, 2.24) is 29.6 Å². The fraction of sp³-hybridized carbons (Fsp3) is 0.768. The standard InChI is InChI=1S/C56H92N6O14S/c1-12-38(6)51(60(9)55(68)43(36(2)3)34-46(63)50(37(4)5)59(8)28-30-76-32-31-75-29-24-48(64)61-26-22-41(23-27-61)56(69)70)47(73-10)35-49(65)62-25-16-19-45(62)52(74-11)39(7)53(66)57-44(33-40-17-14-13-15-18-40)54(67)58-77(71,72)42-20-21-42/h13-15,17-18,36-39,41-45,47,50-52H,12,16,19-35H2,1-11H3,(H,57,66)(H,58,67)(H,69,70)/t38-,39+,43-,44-,45-,47+,50-,51-,52+/m0/s1. The molecule has 9 atom stereocenters. The number of nitrogens with one attached hydrogen (secondary N) is 2. The molecule has 1 aromatic carbocycles. The number of benzene rings is 1. The number of ether oxygens (including phenoxy) is 4. The topological polar surface area (TPSA) is 248 Å². The highest BCUT2D eigenvalue weighted by Gasteiger charge is 2.44. The molecule has 2 aliphatic heterocycles. The predicted octanol–water partition coefficient (Wildman–Crippen LogP) is 4.18. The second-order valence-electron chi connectivity index (χ2n) is 22.2. The van der Waals surface area contributed by atoms with Gasteiger partial charge >= 0.3 is 5.97 Å². The van der Waals surface area contributed by atoms with Crippen molar-refractivity contribution >= 4 is 51.3 Å². The SMILES string of the molecule is CC[C@H](C)[C@@H]([C@@H](CC(=O)N1CCC[C@H]1[C@H](OC)[C@@H](C)C(=O)N[C@@H](Cc1ccccc1)C(=O)NS(=O)(=O)C1CC1)OC)N(C)C(=O)[C@@H](CC(=O)[C@H](C(C)C)N(C)CCOCCOCCC(=O)N1CCC(C(=O)O)CC1)C(C)C. The third kappa shape index (κ3) is 19.1. The van der Waals surface area contributed by atoms with Gasteiger partial charge in [-0.25, -0.2) is 8.42 Å². The number of sulfonamides is 1. The fourth-order valence-corrected chi connectivity index (χ4v) is 12.4. The Hall–Kier alpha value is -4.54. The summed E-state index contributed by atoms with van der Waals surface area (Å²) in [7, 11) is 2.71. The van der Waals surface area contributed by atoms with E-state index in [9.17, 15) is 47.1 Å². The summed E-state index contributed by atoms with van der Waals surface area (Å²) in [5.74, 6) is -5.01. The van der Waals surface area contributed by atoms with Crippen LogP contribution in [0.2, 0.25) is 0 Å². The molecule has 1 saturated carbocycles. The van der Waals surface area contributed by atoms with Crippen LogP contribution in [0.3, 0.4) is 0 Å². The van der Waals surface area contributed by atoms with Crippen LogP contribution in [0, 0.1) is 35.5 Å². The summed E-state index contributed by atoms with van der Waals surface area (Å²) in [4.78, 5) is 102. The van der Waals surface area contributed by atoms with Crippen molar-refractivity contribution in [2.75, 3.05) is 80.9 Å². The van der Waals surface area contributed by atoms with E-state index in [2.05, 4.69) is 10.0 Å².